The molecule has 6 atom stereocenters. The van der Waals surface area contributed by atoms with Crippen molar-refractivity contribution in [3.63, 3.8) is 0 Å². The van der Waals surface area contributed by atoms with E-state index in [1.807, 2.05) is 83.8 Å². The van der Waals surface area contributed by atoms with E-state index in [-0.39, 0.29) is 30.3 Å². The number of hydrogen-bond acceptors (Lipinski definition) is 8. The maximum absolute atomic E-state index is 12.6. The Morgan fingerprint density at radius 1 is 0.927 bits per heavy atom. The van der Waals surface area contributed by atoms with Crippen LogP contribution < -0.4 is 32.3 Å². The van der Waals surface area contributed by atoms with Crippen molar-refractivity contribution in [2.45, 2.75) is 152 Å². The van der Waals surface area contributed by atoms with Crippen LogP contribution in [0.3, 0.4) is 0 Å². The van der Waals surface area contributed by atoms with Crippen molar-refractivity contribution in [1.82, 2.24) is 31.5 Å². The van der Waals surface area contributed by atoms with Crippen LogP contribution in [0.4, 0.5) is 4.79 Å². The number of amides is 5. The maximum atomic E-state index is 12.6. The van der Waals surface area contributed by atoms with Gasteiger partial charge in [-0.05, 0) is 55.5 Å². The minimum Gasteiger partial charge on any atom is -0.363 e. The summed E-state index contributed by atoms with van der Waals surface area (Å²) in [5.41, 5.74) is 5.70. The second kappa shape index (κ2) is 28.6. The van der Waals surface area contributed by atoms with Gasteiger partial charge in [-0.25, -0.2) is 4.79 Å². The van der Waals surface area contributed by atoms with E-state index in [1.54, 1.807) is 6.92 Å². The van der Waals surface area contributed by atoms with Crippen LogP contribution in [-0.4, -0.2) is 91.1 Å². The number of rotatable bonds is 13. The third-order valence-corrected chi connectivity index (χ3v) is 8.71. The van der Waals surface area contributed by atoms with Crippen LogP contribution >= 0.6 is 0 Å². The van der Waals surface area contributed by atoms with Gasteiger partial charge in [-0.15, -0.1) is 0 Å². The molecule has 2 aliphatic rings. The molecule has 2 fully saturated rings. The lowest BCUT2D eigenvalue weighted by atomic mass is 9.88. The SMILES string of the molecule is CC.CC(C)C.CC(NC(=O)NC(C=O)C(C)(C)C)C(=O)NCc1ccccc1.CC1[C@@H](C(=O)NC(CNC2CCC2)C(=O)C(N)=O)N(C)C[C@@H]1C.CCC. The number of carbonyl (C=O) groups excluding carboxylic acids is 6. The minimum atomic E-state index is -1.01. The molecular weight excluding hydrogens is 699 g/mol. The van der Waals surface area contributed by atoms with Gasteiger partial charge in [0, 0.05) is 25.7 Å². The van der Waals surface area contributed by atoms with Crippen LogP contribution in [-0.2, 0) is 30.5 Å². The zero-order valence-corrected chi connectivity index (χ0v) is 36.5. The third kappa shape index (κ3) is 22.3. The molecule has 0 aromatic heterocycles. The number of primary amides is 1. The van der Waals surface area contributed by atoms with E-state index >= 15 is 0 Å². The van der Waals surface area contributed by atoms with Gasteiger partial charge in [0.25, 0.3) is 5.91 Å². The Kier molecular flexibility index (Phi) is 27.6. The van der Waals surface area contributed by atoms with E-state index in [2.05, 4.69) is 68.1 Å². The highest BCUT2D eigenvalue weighted by Gasteiger charge is 2.40. The molecule has 1 aromatic carbocycles. The van der Waals surface area contributed by atoms with Crippen LogP contribution in [0.25, 0.3) is 0 Å². The summed E-state index contributed by atoms with van der Waals surface area (Å²) in [7, 11) is 1.90. The first kappa shape index (κ1) is 53.3. The van der Waals surface area contributed by atoms with Crippen molar-refractivity contribution < 1.29 is 28.8 Å². The Hall–Kier alpha value is -3.84. The Morgan fingerprint density at radius 3 is 1.85 bits per heavy atom. The molecule has 1 aromatic rings. The van der Waals surface area contributed by atoms with Crippen LogP contribution in [0.1, 0.15) is 121 Å². The quantitative estimate of drug-likeness (QED) is 0.120. The molecule has 1 saturated carbocycles. The van der Waals surface area contributed by atoms with Crippen molar-refractivity contribution in [1.29, 1.82) is 0 Å². The van der Waals surface area contributed by atoms with Crippen molar-refractivity contribution in [2.75, 3.05) is 20.1 Å². The first-order chi connectivity index (χ1) is 25.7. The number of hydrogen-bond donors (Lipinski definition) is 6. The summed E-state index contributed by atoms with van der Waals surface area (Å²) in [4.78, 5) is 72.7. The number of nitrogens with two attached hydrogens (primary N) is 1. The lowest BCUT2D eigenvalue weighted by molar-refractivity contribution is -0.139. The predicted molar refractivity (Wildman–Crippen MR) is 223 cm³/mol. The fourth-order valence-corrected chi connectivity index (χ4v) is 5.26. The van der Waals surface area contributed by atoms with Gasteiger partial charge >= 0.3 is 6.03 Å². The number of urea groups is 1. The number of nitrogens with one attached hydrogen (secondary N) is 5. The van der Waals surface area contributed by atoms with Gasteiger partial charge in [0.15, 0.2) is 0 Å². The number of ketones is 1. The molecule has 1 heterocycles. The number of likely N-dealkylation sites (tertiary alicyclic amines) is 1. The summed E-state index contributed by atoms with van der Waals surface area (Å²) in [5, 5.41) is 13.8. The van der Waals surface area contributed by atoms with E-state index in [0.717, 1.165) is 30.9 Å². The Morgan fingerprint density at radius 2 is 1.45 bits per heavy atom. The molecule has 316 valence electrons. The maximum Gasteiger partial charge on any atom is 0.316 e. The molecule has 1 aliphatic heterocycles. The fourth-order valence-electron chi connectivity index (χ4n) is 5.26. The van der Waals surface area contributed by atoms with E-state index in [1.165, 1.54) is 12.8 Å². The highest BCUT2D eigenvalue weighted by molar-refractivity contribution is 6.38. The summed E-state index contributed by atoms with van der Waals surface area (Å²) in [6.45, 7) is 27.5. The van der Waals surface area contributed by atoms with E-state index < -0.39 is 41.3 Å². The standard InChI is InChI=1S/C17H25N3O3.C16H28N4O3.C4H10.C3H8.C2H6/c1-12(15(22)18-10-13-8-6-5-7-9-13)19-16(23)20-14(11-21)17(2,3)4;1-9-8-20(3)13(10(9)2)16(23)19-12(14(21)15(17)22)7-18-11-5-4-6-11;1-4(2)3;1-3-2;1-2/h5-9,11-12,14H,10H2,1-4H3,(H,18,22)(H2,19,20,23);9-13,18H,4-8H2,1-3H3,(H2,17,22)(H,19,23);4H,1-3H3;3H2,1-2H3;1-2H3/t;9-,10?,12?,13-;;;/m.0.../s1. The molecule has 55 heavy (non-hydrogen) atoms. The molecule has 0 spiro atoms. The molecule has 7 N–H and O–H groups in total. The lowest BCUT2D eigenvalue weighted by Crippen LogP contribution is -2.57. The smallest absolute Gasteiger partial charge is 0.316 e. The Bertz CT molecular complexity index is 1260. The topological polar surface area (TPSA) is 192 Å². The highest BCUT2D eigenvalue weighted by Crippen LogP contribution is 2.28. The number of carbonyl (C=O) groups is 6. The summed E-state index contributed by atoms with van der Waals surface area (Å²) in [5.74, 6) is -0.807. The number of aldehydes is 1. The Labute approximate surface area is 332 Å². The summed E-state index contributed by atoms with van der Waals surface area (Å²) in [6.07, 6.45) is 5.23. The molecule has 0 bridgehead atoms. The van der Waals surface area contributed by atoms with Crippen LogP contribution in [0.2, 0.25) is 0 Å². The normalized spacial score (nSPS) is 19.2. The van der Waals surface area contributed by atoms with E-state index in [9.17, 15) is 28.8 Å². The van der Waals surface area contributed by atoms with Gasteiger partial charge < -0.3 is 37.1 Å². The van der Waals surface area contributed by atoms with Crippen molar-refractivity contribution in [3.8, 4) is 0 Å². The molecule has 13 nitrogen and oxygen atoms in total. The van der Waals surface area contributed by atoms with Gasteiger partial charge in [0.05, 0.1) is 12.1 Å². The second-order valence-electron chi connectivity index (χ2n) is 16.0. The van der Waals surface area contributed by atoms with Gasteiger partial charge in [-0.2, -0.15) is 0 Å². The first-order valence-corrected chi connectivity index (χ1v) is 20.1. The average Bonchev–Trinajstić information content (AvgIpc) is 3.35. The van der Waals surface area contributed by atoms with E-state index in [4.69, 9.17) is 5.73 Å². The molecule has 0 radical (unpaired) electrons. The molecule has 13 heteroatoms. The molecule has 4 unspecified atom stereocenters. The minimum absolute atomic E-state index is 0.198. The third-order valence-electron chi connectivity index (χ3n) is 8.71. The van der Waals surface area contributed by atoms with E-state index in [0.29, 0.717) is 24.8 Å². The lowest BCUT2D eigenvalue weighted by Gasteiger charge is -2.30. The van der Waals surface area contributed by atoms with Crippen LogP contribution in [0.5, 0.6) is 0 Å². The monoisotopic (exact) mass is 776 g/mol. The zero-order chi connectivity index (χ0) is 42.9. The van der Waals surface area contributed by atoms with Gasteiger partial charge in [0.2, 0.25) is 17.6 Å². The summed E-state index contributed by atoms with van der Waals surface area (Å²) in [6, 6.07) is 6.82. The number of Topliss-reactive ketones (excluding diaryl/α,β-unsaturated/α-hetero) is 1. The van der Waals surface area contributed by atoms with Gasteiger partial charge in [-0.1, -0.05) is 126 Å². The highest BCUT2D eigenvalue weighted by atomic mass is 16.2. The molecule has 3 rings (SSSR count). The number of likely N-dealkylation sites (N-methyl/N-ethyl adjacent to an activating group) is 1. The molecule has 5 amide bonds. The fraction of sp³-hybridized carbons (Fsp3) is 0.714. The summed E-state index contributed by atoms with van der Waals surface area (Å²) < 4.78 is 0. The van der Waals surface area contributed by atoms with Crippen molar-refractivity contribution in [2.24, 2.45) is 28.9 Å². The van der Waals surface area contributed by atoms with Crippen LogP contribution in [0.15, 0.2) is 30.3 Å². The molecular formula is C42H77N7O6. The van der Waals surface area contributed by atoms with Crippen LogP contribution in [0, 0.1) is 23.2 Å². The Balaban J connectivity index is 0. The summed E-state index contributed by atoms with van der Waals surface area (Å²) >= 11 is 0. The second-order valence-corrected chi connectivity index (χ2v) is 16.0. The van der Waals surface area contributed by atoms with Crippen molar-refractivity contribution >= 4 is 35.8 Å². The largest absolute Gasteiger partial charge is 0.363 e. The van der Waals surface area contributed by atoms with Gasteiger partial charge in [-0.3, -0.25) is 24.1 Å². The average molecular weight is 776 g/mol. The van der Waals surface area contributed by atoms with Gasteiger partial charge in [0.1, 0.15) is 18.4 Å². The predicted octanol–water partition coefficient (Wildman–Crippen LogP) is 4.96. The first-order valence-electron chi connectivity index (χ1n) is 20.1. The molecule has 1 saturated heterocycles. The number of nitrogens with zero attached hydrogens (tertiary/aromatic N) is 1. The zero-order valence-electron chi connectivity index (χ0n) is 36.5. The van der Waals surface area contributed by atoms with Crippen molar-refractivity contribution in [3.05, 3.63) is 35.9 Å². The molecule has 1 aliphatic carbocycles. The number of benzene rings is 1.